The van der Waals surface area contributed by atoms with E-state index in [1.165, 1.54) is 0 Å². The van der Waals surface area contributed by atoms with E-state index in [-0.39, 0.29) is 17.9 Å². The van der Waals surface area contributed by atoms with Gasteiger partial charge in [0.25, 0.3) is 0 Å². The van der Waals surface area contributed by atoms with Crippen molar-refractivity contribution in [2.75, 3.05) is 5.32 Å². The van der Waals surface area contributed by atoms with E-state index in [0.29, 0.717) is 6.07 Å². The van der Waals surface area contributed by atoms with Gasteiger partial charge in [-0.2, -0.15) is 18.2 Å². The zero-order valence-corrected chi connectivity index (χ0v) is 9.68. The molecule has 7 nitrogen and oxygen atoms in total. The SMILES string of the molecule is O=C(O)c1ccc(C(F)(F)F)nc1NCc1ncon1. The Morgan fingerprint density at radius 3 is 2.70 bits per heavy atom. The molecule has 20 heavy (non-hydrogen) atoms. The molecule has 0 bridgehead atoms. The molecule has 10 heteroatoms. The number of anilines is 1. The average molecular weight is 288 g/mol. The summed E-state index contributed by atoms with van der Waals surface area (Å²) in [4.78, 5) is 17.8. The van der Waals surface area contributed by atoms with E-state index in [1.54, 1.807) is 0 Å². The predicted octanol–water partition coefficient (Wildman–Crippen LogP) is 1.79. The number of hydrogen-bond acceptors (Lipinski definition) is 6. The van der Waals surface area contributed by atoms with Crippen LogP contribution in [0.15, 0.2) is 23.0 Å². The number of carboxylic acids is 1. The van der Waals surface area contributed by atoms with Gasteiger partial charge in [0, 0.05) is 0 Å². The van der Waals surface area contributed by atoms with Crippen LogP contribution in [0.3, 0.4) is 0 Å². The molecule has 0 atom stereocenters. The number of carbonyl (C=O) groups is 1. The quantitative estimate of drug-likeness (QED) is 0.884. The summed E-state index contributed by atoms with van der Waals surface area (Å²) in [5.41, 5.74) is -1.58. The molecule has 106 valence electrons. The molecule has 0 radical (unpaired) electrons. The lowest BCUT2D eigenvalue weighted by Crippen LogP contribution is -2.14. The molecule has 0 spiro atoms. The first-order chi connectivity index (χ1) is 9.38. The monoisotopic (exact) mass is 288 g/mol. The average Bonchev–Trinajstić information content (AvgIpc) is 2.87. The van der Waals surface area contributed by atoms with E-state index in [9.17, 15) is 18.0 Å². The van der Waals surface area contributed by atoms with Crippen LogP contribution in [0, 0.1) is 0 Å². The molecule has 2 aromatic heterocycles. The lowest BCUT2D eigenvalue weighted by atomic mass is 10.2. The van der Waals surface area contributed by atoms with Crippen molar-refractivity contribution in [3.8, 4) is 0 Å². The molecule has 0 saturated carbocycles. The van der Waals surface area contributed by atoms with Crippen LogP contribution in [0.1, 0.15) is 21.9 Å². The number of pyridine rings is 1. The number of aromatic nitrogens is 3. The highest BCUT2D eigenvalue weighted by molar-refractivity contribution is 5.93. The second-order valence-electron chi connectivity index (χ2n) is 3.60. The summed E-state index contributed by atoms with van der Waals surface area (Å²) in [6, 6.07) is 1.43. The first-order valence-electron chi connectivity index (χ1n) is 5.18. The number of nitrogens with zero attached hydrogens (tertiary/aromatic N) is 3. The topological polar surface area (TPSA) is 101 Å². The third-order valence-corrected chi connectivity index (χ3v) is 2.24. The highest BCUT2D eigenvalue weighted by atomic mass is 19.4. The van der Waals surface area contributed by atoms with E-state index in [1.807, 2.05) is 0 Å². The van der Waals surface area contributed by atoms with Crippen LogP contribution >= 0.6 is 0 Å². The zero-order chi connectivity index (χ0) is 14.8. The van der Waals surface area contributed by atoms with Gasteiger partial charge in [-0.05, 0) is 12.1 Å². The molecule has 0 saturated heterocycles. The Kier molecular flexibility index (Phi) is 3.55. The van der Waals surface area contributed by atoms with Crippen molar-refractivity contribution in [1.29, 1.82) is 0 Å². The maximum atomic E-state index is 12.5. The molecule has 0 aromatic carbocycles. The van der Waals surface area contributed by atoms with Gasteiger partial charge in [0.05, 0.1) is 6.54 Å². The molecule has 0 aliphatic heterocycles. The van der Waals surface area contributed by atoms with Crippen molar-refractivity contribution in [3.63, 3.8) is 0 Å². The Labute approximate surface area is 109 Å². The Hall–Kier alpha value is -2.65. The van der Waals surface area contributed by atoms with Crippen molar-refractivity contribution in [2.24, 2.45) is 0 Å². The molecular weight excluding hydrogens is 281 g/mol. The number of aromatic carboxylic acids is 1. The normalized spacial score (nSPS) is 11.3. The minimum atomic E-state index is -4.67. The number of halogens is 3. The first kappa shape index (κ1) is 13.8. The summed E-state index contributed by atoms with van der Waals surface area (Å²) in [5, 5.41) is 14.8. The smallest absolute Gasteiger partial charge is 0.433 e. The van der Waals surface area contributed by atoms with Crippen molar-refractivity contribution in [2.45, 2.75) is 12.7 Å². The largest absolute Gasteiger partial charge is 0.478 e. The van der Waals surface area contributed by atoms with Gasteiger partial charge in [-0.15, -0.1) is 0 Å². The lowest BCUT2D eigenvalue weighted by Gasteiger charge is -2.11. The van der Waals surface area contributed by atoms with Crippen LogP contribution in [-0.2, 0) is 12.7 Å². The Bertz CT molecular complexity index is 613. The van der Waals surface area contributed by atoms with Crippen molar-refractivity contribution < 1.29 is 27.6 Å². The highest BCUT2D eigenvalue weighted by Crippen LogP contribution is 2.29. The minimum absolute atomic E-state index is 0.120. The molecule has 2 N–H and O–H groups in total. The lowest BCUT2D eigenvalue weighted by molar-refractivity contribution is -0.141. The maximum Gasteiger partial charge on any atom is 0.433 e. The van der Waals surface area contributed by atoms with Crippen LogP contribution < -0.4 is 5.32 Å². The summed E-state index contributed by atoms with van der Waals surface area (Å²) in [5.74, 6) is -1.67. The summed E-state index contributed by atoms with van der Waals surface area (Å²) in [6.45, 7) is -0.120. The third-order valence-electron chi connectivity index (χ3n) is 2.24. The number of rotatable bonds is 4. The number of alkyl halides is 3. The summed E-state index contributed by atoms with van der Waals surface area (Å²) >= 11 is 0. The van der Waals surface area contributed by atoms with E-state index in [4.69, 9.17) is 5.11 Å². The standard InChI is InChI=1S/C10H7F3N4O3/c11-10(12,13)6-2-1-5(9(18)19)8(16-6)14-3-7-15-4-20-17-7/h1-2,4H,3H2,(H,14,16)(H,18,19). The molecule has 2 rings (SSSR count). The molecule has 0 aliphatic rings. The van der Waals surface area contributed by atoms with Gasteiger partial charge in [-0.25, -0.2) is 9.78 Å². The van der Waals surface area contributed by atoms with E-state index in [0.717, 1.165) is 12.5 Å². The van der Waals surface area contributed by atoms with Crippen LogP contribution in [-0.4, -0.2) is 26.2 Å². The molecule has 0 amide bonds. The number of carboxylic acid groups (broad SMARTS) is 1. The summed E-state index contributed by atoms with van der Waals surface area (Å²) < 4.78 is 42.1. The fraction of sp³-hybridized carbons (Fsp3) is 0.200. The Morgan fingerprint density at radius 1 is 1.40 bits per heavy atom. The van der Waals surface area contributed by atoms with Crippen LogP contribution in [0.4, 0.5) is 19.0 Å². The minimum Gasteiger partial charge on any atom is -0.478 e. The first-order valence-corrected chi connectivity index (χ1v) is 5.18. The highest BCUT2D eigenvalue weighted by Gasteiger charge is 2.33. The van der Waals surface area contributed by atoms with E-state index >= 15 is 0 Å². The van der Waals surface area contributed by atoms with Gasteiger partial charge in [0.15, 0.2) is 5.82 Å². The van der Waals surface area contributed by atoms with E-state index < -0.39 is 23.7 Å². The number of hydrogen-bond donors (Lipinski definition) is 2. The molecular formula is C10H7F3N4O3. The van der Waals surface area contributed by atoms with Crippen LogP contribution in [0.2, 0.25) is 0 Å². The predicted molar refractivity (Wildman–Crippen MR) is 57.8 cm³/mol. The summed E-state index contributed by atoms with van der Waals surface area (Å²) in [7, 11) is 0. The molecule has 2 aromatic rings. The van der Waals surface area contributed by atoms with Crippen molar-refractivity contribution in [1.82, 2.24) is 15.1 Å². The van der Waals surface area contributed by atoms with Gasteiger partial charge in [0.1, 0.15) is 17.1 Å². The molecule has 0 aliphatic carbocycles. The maximum absolute atomic E-state index is 12.5. The zero-order valence-electron chi connectivity index (χ0n) is 9.68. The molecule has 0 fully saturated rings. The van der Waals surface area contributed by atoms with Gasteiger partial charge in [-0.3, -0.25) is 0 Å². The van der Waals surface area contributed by atoms with Gasteiger partial charge in [0.2, 0.25) is 6.39 Å². The second kappa shape index (κ2) is 5.15. The van der Waals surface area contributed by atoms with Gasteiger partial charge in [-0.1, -0.05) is 5.16 Å². The molecule has 2 heterocycles. The van der Waals surface area contributed by atoms with Crippen LogP contribution in [0.25, 0.3) is 0 Å². The summed E-state index contributed by atoms with van der Waals surface area (Å²) in [6.07, 6.45) is -3.63. The Balaban J connectivity index is 2.29. The van der Waals surface area contributed by atoms with Crippen LogP contribution in [0.5, 0.6) is 0 Å². The molecule has 0 unspecified atom stereocenters. The number of nitrogens with one attached hydrogen (secondary N) is 1. The van der Waals surface area contributed by atoms with E-state index in [2.05, 4.69) is 25.0 Å². The van der Waals surface area contributed by atoms with Gasteiger partial charge >= 0.3 is 12.1 Å². The Morgan fingerprint density at radius 2 is 2.15 bits per heavy atom. The van der Waals surface area contributed by atoms with Gasteiger partial charge < -0.3 is 14.9 Å². The fourth-order valence-corrected chi connectivity index (χ4v) is 1.36. The van der Waals surface area contributed by atoms with Crippen molar-refractivity contribution >= 4 is 11.8 Å². The second-order valence-corrected chi connectivity index (χ2v) is 3.60. The fourth-order valence-electron chi connectivity index (χ4n) is 1.36. The third kappa shape index (κ3) is 3.02. The van der Waals surface area contributed by atoms with Crippen molar-refractivity contribution in [3.05, 3.63) is 35.6 Å².